The van der Waals surface area contributed by atoms with E-state index in [9.17, 15) is 9.59 Å². The highest BCUT2D eigenvalue weighted by atomic mass is 35.5. The van der Waals surface area contributed by atoms with E-state index >= 15 is 0 Å². The summed E-state index contributed by atoms with van der Waals surface area (Å²) >= 11 is 6.25. The first-order valence-corrected chi connectivity index (χ1v) is 9.63. The lowest BCUT2D eigenvalue weighted by Crippen LogP contribution is -2.24. The lowest BCUT2D eigenvalue weighted by atomic mass is 10.0. The molecule has 0 unspecified atom stereocenters. The predicted octanol–water partition coefficient (Wildman–Crippen LogP) is 4.29. The van der Waals surface area contributed by atoms with Crippen molar-refractivity contribution < 1.29 is 19.1 Å². The summed E-state index contributed by atoms with van der Waals surface area (Å²) in [7, 11) is 6.72. The Morgan fingerprint density at radius 3 is 2.30 bits per heavy atom. The quantitative estimate of drug-likeness (QED) is 0.527. The molecule has 7 heteroatoms. The highest BCUT2D eigenvalue weighted by Crippen LogP contribution is 2.38. The second-order valence-corrected chi connectivity index (χ2v) is 7.36. The molecule has 1 aliphatic heterocycles. The van der Waals surface area contributed by atoms with Gasteiger partial charge in [0.1, 0.15) is 5.75 Å². The van der Waals surface area contributed by atoms with Crippen molar-refractivity contribution in [2.24, 2.45) is 0 Å². The van der Waals surface area contributed by atoms with Crippen LogP contribution in [0.15, 0.2) is 59.3 Å². The van der Waals surface area contributed by atoms with Crippen LogP contribution in [-0.2, 0) is 14.3 Å². The van der Waals surface area contributed by atoms with Gasteiger partial charge < -0.3 is 14.4 Å². The number of esters is 1. The van der Waals surface area contributed by atoms with Gasteiger partial charge in [0, 0.05) is 25.5 Å². The molecule has 3 rings (SSSR count). The fraction of sp³-hybridized carbons (Fsp3) is 0.217. The molecule has 0 radical (unpaired) electrons. The first-order valence-electron chi connectivity index (χ1n) is 9.25. The number of hydrogen-bond acceptors (Lipinski definition) is 5. The van der Waals surface area contributed by atoms with Gasteiger partial charge in [-0.15, -0.1) is 0 Å². The number of hydrogen-bond donors (Lipinski definition) is 0. The van der Waals surface area contributed by atoms with E-state index in [-0.39, 0.29) is 17.1 Å². The van der Waals surface area contributed by atoms with E-state index < -0.39 is 5.97 Å². The summed E-state index contributed by atoms with van der Waals surface area (Å²) in [5, 5.41) is 0.368. The van der Waals surface area contributed by atoms with E-state index in [1.54, 1.807) is 31.2 Å². The highest BCUT2D eigenvalue weighted by molar-refractivity contribution is 6.32. The standard InChI is InChI=1S/C23H23ClN2O4/c1-14-21(23(28)30-5)18(12-15-6-8-16(9-7-15)25(2)3)22(27)26(14)17-10-11-20(29-4)19(24)13-17/h6-13H,1-5H3. The van der Waals surface area contributed by atoms with Gasteiger partial charge in [-0.3, -0.25) is 9.69 Å². The molecule has 6 nitrogen and oxygen atoms in total. The van der Waals surface area contributed by atoms with Crippen LogP contribution in [0.4, 0.5) is 11.4 Å². The molecule has 1 amide bonds. The number of nitrogens with zero attached hydrogens (tertiary/aromatic N) is 2. The van der Waals surface area contributed by atoms with Crippen LogP contribution >= 0.6 is 11.6 Å². The van der Waals surface area contributed by atoms with Gasteiger partial charge in [0.25, 0.3) is 5.91 Å². The van der Waals surface area contributed by atoms with Gasteiger partial charge in [-0.2, -0.15) is 0 Å². The minimum Gasteiger partial charge on any atom is -0.495 e. The fourth-order valence-corrected chi connectivity index (χ4v) is 3.57. The summed E-state index contributed by atoms with van der Waals surface area (Å²) < 4.78 is 10.1. The Balaban J connectivity index is 2.08. The molecule has 156 valence electrons. The Kier molecular flexibility index (Phi) is 6.17. The Bertz CT molecular complexity index is 1060. The third kappa shape index (κ3) is 3.91. The number of carbonyl (C=O) groups is 2. The first kappa shape index (κ1) is 21.5. The number of allylic oxidation sites excluding steroid dienone is 1. The second kappa shape index (κ2) is 8.63. The Morgan fingerprint density at radius 1 is 1.10 bits per heavy atom. The number of carbonyl (C=O) groups excluding carboxylic acids is 2. The topological polar surface area (TPSA) is 59.1 Å². The molecule has 0 saturated heterocycles. The summed E-state index contributed by atoms with van der Waals surface area (Å²) in [6, 6.07) is 12.7. The number of methoxy groups -OCH3 is 2. The molecule has 1 heterocycles. The number of ether oxygens (including phenoxy) is 2. The number of amides is 1. The summed E-state index contributed by atoms with van der Waals surface area (Å²) in [5.74, 6) is -0.399. The van der Waals surface area contributed by atoms with Gasteiger partial charge in [-0.25, -0.2) is 4.79 Å². The fourth-order valence-electron chi connectivity index (χ4n) is 3.32. The third-order valence-corrected chi connectivity index (χ3v) is 5.20. The highest BCUT2D eigenvalue weighted by Gasteiger charge is 2.38. The van der Waals surface area contributed by atoms with Crippen molar-refractivity contribution in [1.29, 1.82) is 0 Å². The van der Waals surface area contributed by atoms with Crippen molar-refractivity contribution in [3.05, 3.63) is 69.9 Å². The monoisotopic (exact) mass is 426 g/mol. The van der Waals surface area contributed by atoms with Gasteiger partial charge in [-0.1, -0.05) is 23.7 Å². The van der Waals surface area contributed by atoms with E-state index in [0.717, 1.165) is 11.3 Å². The molecule has 30 heavy (non-hydrogen) atoms. The van der Waals surface area contributed by atoms with Crippen molar-refractivity contribution in [1.82, 2.24) is 0 Å². The number of benzene rings is 2. The number of rotatable bonds is 5. The van der Waals surface area contributed by atoms with Gasteiger partial charge >= 0.3 is 5.97 Å². The number of halogens is 1. The molecule has 0 aromatic heterocycles. The van der Waals surface area contributed by atoms with Crippen LogP contribution in [0.5, 0.6) is 5.75 Å². The normalized spacial score (nSPS) is 15.1. The largest absolute Gasteiger partial charge is 0.495 e. The molecule has 0 atom stereocenters. The maximum absolute atomic E-state index is 13.3. The molecule has 0 spiro atoms. The van der Waals surface area contributed by atoms with E-state index in [1.165, 1.54) is 19.1 Å². The average Bonchev–Trinajstić information content (AvgIpc) is 2.97. The van der Waals surface area contributed by atoms with Crippen LogP contribution in [0.25, 0.3) is 6.08 Å². The molecule has 0 saturated carbocycles. The maximum atomic E-state index is 13.3. The predicted molar refractivity (Wildman–Crippen MR) is 119 cm³/mol. The molecular weight excluding hydrogens is 404 g/mol. The third-order valence-electron chi connectivity index (χ3n) is 4.90. The summed E-state index contributed by atoms with van der Waals surface area (Å²) in [5.41, 5.74) is 3.34. The Morgan fingerprint density at radius 2 is 1.77 bits per heavy atom. The molecule has 0 aliphatic carbocycles. The molecule has 0 N–H and O–H groups in total. The zero-order valence-corrected chi connectivity index (χ0v) is 18.3. The van der Waals surface area contributed by atoms with Crippen LogP contribution in [0.3, 0.4) is 0 Å². The first-order chi connectivity index (χ1) is 14.3. The molecule has 0 fully saturated rings. The van der Waals surface area contributed by atoms with Crippen molar-refractivity contribution in [2.45, 2.75) is 6.92 Å². The summed E-state index contributed by atoms with van der Waals surface area (Å²) in [6.45, 7) is 1.71. The lowest BCUT2D eigenvalue weighted by molar-refractivity contribution is -0.136. The van der Waals surface area contributed by atoms with Crippen molar-refractivity contribution >= 4 is 40.9 Å². The number of anilines is 2. The maximum Gasteiger partial charge on any atom is 0.340 e. The van der Waals surface area contributed by atoms with Crippen LogP contribution in [-0.4, -0.2) is 40.2 Å². The minimum atomic E-state index is -0.570. The zero-order valence-electron chi connectivity index (χ0n) is 17.5. The Hall–Kier alpha value is -3.25. The smallest absolute Gasteiger partial charge is 0.340 e. The average molecular weight is 427 g/mol. The van der Waals surface area contributed by atoms with Crippen LogP contribution in [0, 0.1) is 0 Å². The van der Waals surface area contributed by atoms with Gasteiger partial charge in [0.05, 0.1) is 36.1 Å². The van der Waals surface area contributed by atoms with E-state index in [2.05, 4.69) is 0 Å². The Labute approximate surface area is 180 Å². The SMILES string of the molecule is COC(=O)C1=C(C)N(c2ccc(OC)c(Cl)c2)C(=O)C1=Cc1ccc(N(C)C)cc1. The van der Waals surface area contributed by atoms with Gasteiger partial charge in [0.2, 0.25) is 0 Å². The summed E-state index contributed by atoms with van der Waals surface area (Å²) in [6.07, 6.45) is 1.70. The van der Waals surface area contributed by atoms with Gasteiger partial charge in [-0.05, 0) is 48.9 Å². The molecule has 1 aliphatic rings. The molecular formula is C23H23ClN2O4. The minimum absolute atomic E-state index is 0.228. The zero-order chi connectivity index (χ0) is 22.0. The van der Waals surface area contributed by atoms with Crippen molar-refractivity contribution in [3.63, 3.8) is 0 Å². The second-order valence-electron chi connectivity index (χ2n) is 6.96. The van der Waals surface area contributed by atoms with Crippen molar-refractivity contribution in [2.75, 3.05) is 38.1 Å². The van der Waals surface area contributed by atoms with Crippen LogP contribution in [0.2, 0.25) is 5.02 Å². The van der Waals surface area contributed by atoms with Crippen LogP contribution < -0.4 is 14.5 Å². The van der Waals surface area contributed by atoms with Crippen molar-refractivity contribution in [3.8, 4) is 5.75 Å². The molecule has 0 bridgehead atoms. The van der Waals surface area contributed by atoms with E-state index in [4.69, 9.17) is 21.1 Å². The van der Waals surface area contributed by atoms with E-state index in [0.29, 0.717) is 22.2 Å². The van der Waals surface area contributed by atoms with E-state index in [1.807, 2.05) is 43.3 Å². The molecule has 2 aromatic carbocycles. The summed E-state index contributed by atoms with van der Waals surface area (Å²) in [4.78, 5) is 29.3. The van der Waals surface area contributed by atoms with Crippen LogP contribution in [0.1, 0.15) is 12.5 Å². The molecule has 2 aromatic rings. The lowest BCUT2D eigenvalue weighted by Gasteiger charge is -2.19. The van der Waals surface area contributed by atoms with Gasteiger partial charge in [0.15, 0.2) is 0 Å².